The van der Waals surface area contributed by atoms with Crippen LogP contribution < -0.4 is 30.6 Å². The first kappa shape index (κ1) is 21.1. The van der Waals surface area contributed by atoms with Crippen LogP contribution in [0.4, 0.5) is 39.5 Å². The maximum Gasteiger partial charge on any atom is 0.416 e. The maximum absolute atomic E-state index is 13.5. The Balaban J connectivity index is 1.69. The average molecular weight is 488 g/mol. The smallest absolute Gasteiger partial charge is 0.416 e. The van der Waals surface area contributed by atoms with Crippen molar-refractivity contribution in [2.45, 2.75) is 18.5 Å². The van der Waals surface area contributed by atoms with Gasteiger partial charge in [-0.05, 0) is 36.4 Å². The van der Waals surface area contributed by atoms with Crippen molar-refractivity contribution in [1.29, 1.82) is 0 Å². The van der Waals surface area contributed by atoms with E-state index in [9.17, 15) is 39.5 Å². The van der Waals surface area contributed by atoms with E-state index in [2.05, 4.69) is 0 Å². The van der Waals surface area contributed by atoms with Crippen LogP contribution in [0.5, 0.6) is 34.5 Å². The molecule has 0 radical (unpaired) electrons. The van der Waals surface area contributed by atoms with Crippen molar-refractivity contribution < 1.29 is 53.7 Å². The number of ether oxygens (including phenoxy) is 3. The van der Waals surface area contributed by atoms with E-state index in [0.717, 1.165) is 0 Å². The minimum atomic E-state index is -4.88. The van der Waals surface area contributed by atoms with Crippen LogP contribution >= 0.6 is 0 Å². The third kappa shape index (κ3) is 2.88. The predicted octanol–water partition coefficient (Wildman–Crippen LogP) is 5.58. The average Bonchev–Trinajstić information content (AvgIpc) is 2.70. The monoisotopic (exact) mass is 488 g/mol. The zero-order valence-electron chi connectivity index (χ0n) is 16.2. The zero-order valence-corrected chi connectivity index (χ0v) is 16.2. The topological polar surface area (TPSA) is 27.7 Å². The minimum Gasteiger partial charge on any atom is -0.458 e. The first-order valence-corrected chi connectivity index (χ1v) is 9.51. The van der Waals surface area contributed by atoms with Crippen LogP contribution in [-0.4, -0.2) is 6.71 Å². The Hall–Kier alpha value is -3.51. The number of halogens is 9. The molecule has 3 aromatic rings. The van der Waals surface area contributed by atoms with Crippen molar-refractivity contribution in [3.05, 3.63) is 53.1 Å². The molecule has 0 aliphatic carbocycles. The van der Waals surface area contributed by atoms with Crippen LogP contribution in [0.2, 0.25) is 0 Å². The highest BCUT2D eigenvalue weighted by molar-refractivity contribution is 6.99. The van der Waals surface area contributed by atoms with E-state index in [1.165, 1.54) is 0 Å². The van der Waals surface area contributed by atoms with Crippen molar-refractivity contribution in [3.63, 3.8) is 0 Å². The molecule has 3 aliphatic heterocycles. The maximum atomic E-state index is 13.5. The second-order valence-corrected chi connectivity index (χ2v) is 7.89. The number of alkyl halides is 9. The first-order valence-electron chi connectivity index (χ1n) is 9.51. The van der Waals surface area contributed by atoms with Crippen molar-refractivity contribution >= 4 is 23.1 Å². The fourth-order valence-electron chi connectivity index (χ4n) is 4.44. The van der Waals surface area contributed by atoms with E-state index < -0.39 is 76.4 Å². The molecule has 3 aliphatic rings. The third-order valence-electron chi connectivity index (χ3n) is 5.82. The van der Waals surface area contributed by atoms with E-state index in [-0.39, 0.29) is 16.4 Å². The third-order valence-corrected chi connectivity index (χ3v) is 5.82. The summed E-state index contributed by atoms with van der Waals surface area (Å²) in [6.45, 7) is -1.05. The van der Waals surface area contributed by atoms with Gasteiger partial charge in [-0.3, -0.25) is 0 Å². The second kappa shape index (κ2) is 6.13. The molecule has 0 spiro atoms. The fourth-order valence-corrected chi connectivity index (χ4v) is 4.44. The molecular formula is C21H6BF9O3. The lowest BCUT2D eigenvalue weighted by Gasteiger charge is -2.38. The summed E-state index contributed by atoms with van der Waals surface area (Å²) >= 11 is 0. The van der Waals surface area contributed by atoms with Crippen LogP contribution in [0.3, 0.4) is 0 Å². The molecule has 6 rings (SSSR count). The summed E-state index contributed by atoms with van der Waals surface area (Å²) < 4.78 is 138. The fraction of sp³-hybridized carbons (Fsp3) is 0.143. The molecule has 0 fully saturated rings. The Kier molecular flexibility index (Phi) is 3.80. The highest BCUT2D eigenvalue weighted by Crippen LogP contribution is 2.47. The van der Waals surface area contributed by atoms with E-state index in [0.29, 0.717) is 36.4 Å². The van der Waals surface area contributed by atoms with Gasteiger partial charge >= 0.3 is 18.5 Å². The van der Waals surface area contributed by atoms with Gasteiger partial charge in [-0.1, -0.05) is 0 Å². The van der Waals surface area contributed by atoms with Crippen molar-refractivity contribution in [2.24, 2.45) is 0 Å². The molecule has 34 heavy (non-hydrogen) atoms. The molecule has 3 aromatic carbocycles. The van der Waals surface area contributed by atoms with Gasteiger partial charge in [0.1, 0.15) is 34.5 Å². The van der Waals surface area contributed by atoms with Gasteiger partial charge in [0, 0.05) is 16.4 Å². The summed E-state index contributed by atoms with van der Waals surface area (Å²) in [6, 6.07) is 3.72. The quantitative estimate of drug-likeness (QED) is 0.207. The van der Waals surface area contributed by atoms with Crippen LogP contribution in [0, 0.1) is 0 Å². The highest BCUT2D eigenvalue weighted by atomic mass is 19.4. The molecule has 0 saturated carbocycles. The van der Waals surface area contributed by atoms with Gasteiger partial charge in [0.15, 0.2) is 0 Å². The van der Waals surface area contributed by atoms with Crippen LogP contribution in [0.1, 0.15) is 16.7 Å². The summed E-state index contributed by atoms with van der Waals surface area (Å²) in [7, 11) is 0. The Morgan fingerprint density at radius 2 is 0.618 bits per heavy atom. The summed E-state index contributed by atoms with van der Waals surface area (Å²) in [5.41, 5.74) is -3.55. The van der Waals surface area contributed by atoms with Crippen LogP contribution in [0.25, 0.3) is 0 Å². The van der Waals surface area contributed by atoms with Gasteiger partial charge in [0.25, 0.3) is 6.71 Å². The Morgan fingerprint density at radius 1 is 0.412 bits per heavy atom. The Labute approximate surface area is 183 Å². The van der Waals surface area contributed by atoms with E-state index in [4.69, 9.17) is 14.2 Å². The molecule has 0 atom stereocenters. The van der Waals surface area contributed by atoms with E-state index in [1.807, 2.05) is 0 Å². The van der Waals surface area contributed by atoms with Gasteiger partial charge in [-0.2, -0.15) is 39.5 Å². The van der Waals surface area contributed by atoms with Crippen LogP contribution in [0.15, 0.2) is 36.4 Å². The van der Waals surface area contributed by atoms with Gasteiger partial charge in [0.05, 0.1) is 16.7 Å². The van der Waals surface area contributed by atoms with Crippen molar-refractivity contribution in [3.8, 4) is 34.5 Å². The summed E-state index contributed by atoms with van der Waals surface area (Å²) in [4.78, 5) is 0. The summed E-state index contributed by atoms with van der Waals surface area (Å²) in [5, 5.41) is 0. The summed E-state index contributed by atoms with van der Waals surface area (Å²) in [5.74, 6) is -2.47. The van der Waals surface area contributed by atoms with Crippen molar-refractivity contribution in [1.82, 2.24) is 0 Å². The number of hydrogen-bond donors (Lipinski definition) is 0. The lowest BCUT2D eigenvalue weighted by atomic mass is 9.33. The number of hydrogen-bond acceptors (Lipinski definition) is 3. The van der Waals surface area contributed by atoms with Gasteiger partial charge in [-0.25, -0.2) is 0 Å². The van der Waals surface area contributed by atoms with Gasteiger partial charge < -0.3 is 14.2 Å². The molecule has 13 heteroatoms. The lowest BCUT2D eigenvalue weighted by Crippen LogP contribution is -2.60. The zero-order chi connectivity index (χ0) is 24.4. The standard InChI is InChI=1S/C21H6BF9O3/c23-19(24,25)7-1-10-16-11(2-7)33-14-5-9(21(29,30)31)6-15-18(14)22(16)17-12(32-10)3-8(20(26,27)28)4-13(17)34-15/h1-6H. The molecular weight excluding hydrogens is 482 g/mol. The molecule has 0 bridgehead atoms. The first-order chi connectivity index (χ1) is 15.7. The van der Waals surface area contributed by atoms with Gasteiger partial charge in [0.2, 0.25) is 0 Å². The Morgan fingerprint density at radius 3 is 0.794 bits per heavy atom. The van der Waals surface area contributed by atoms with Crippen molar-refractivity contribution in [2.75, 3.05) is 0 Å². The molecule has 0 unspecified atom stereocenters. The molecule has 0 N–H and O–H groups in total. The molecule has 3 nitrogen and oxygen atoms in total. The van der Waals surface area contributed by atoms with Gasteiger partial charge in [-0.15, -0.1) is 0 Å². The lowest BCUT2D eigenvalue weighted by molar-refractivity contribution is -0.138. The SMILES string of the molecule is FC(F)(F)c1cc2c3c(c1)Oc1cc(C(F)(F)F)cc4c1B3c1c(cc(C(F)(F)F)cc1O4)O2. The minimum absolute atomic E-state index is 0.0540. The number of rotatable bonds is 0. The highest BCUT2D eigenvalue weighted by Gasteiger charge is 2.50. The Bertz CT molecular complexity index is 1170. The molecule has 174 valence electrons. The van der Waals surface area contributed by atoms with Crippen LogP contribution in [-0.2, 0) is 18.5 Å². The molecule has 0 amide bonds. The summed E-state index contributed by atoms with van der Waals surface area (Å²) in [6.07, 6.45) is -14.6. The largest absolute Gasteiger partial charge is 0.458 e. The van der Waals surface area contributed by atoms with E-state index >= 15 is 0 Å². The van der Waals surface area contributed by atoms with E-state index in [1.54, 1.807) is 0 Å². The second-order valence-electron chi connectivity index (χ2n) is 7.89. The molecule has 3 heterocycles. The molecule has 0 saturated heterocycles. The predicted molar refractivity (Wildman–Crippen MR) is 99.2 cm³/mol. The normalized spacial score (nSPS) is 15.3. The molecule has 0 aromatic heterocycles. The number of benzene rings is 3.